The SMILES string of the molecule is C[C@H]1CN(C(=O)Nc2ccc(C(=O)NCc3cccs3)cc2)c2ccccc2S1. The minimum atomic E-state index is -0.167. The van der Waals surface area contributed by atoms with Crippen molar-refractivity contribution in [1.82, 2.24) is 5.32 Å². The Morgan fingerprint density at radius 1 is 1.07 bits per heavy atom. The molecule has 1 aromatic heterocycles. The Bertz CT molecular complexity index is 1000. The number of anilines is 2. The van der Waals surface area contributed by atoms with Gasteiger partial charge in [0.2, 0.25) is 0 Å². The Kier molecular flexibility index (Phi) is 5.87. The van der Waals surface area contributed by atoms with Crippen LogP contribution in [0.1, 0.15) is 22.2 Å². The summed E-state index contributed by atoms with van der Waals surface area (Å²) in [5.74, 6) is -0.132. The van der Waals surface area contributed by atoms with Gasteiger partial charge in [-0.25, -0.2) is 4.79 Å². The number of carbonyl (C=O) groups is 2. The van der Waals surface area contributed by atoms with Gasteiger partial charge >= 0.3 is 6.03 Å². The Morgan fingerprint density at radius 2 is 1.86 bits per heavy atom. The summed E-state index contributed by atoms with van der Waals surface area (Å²) in [4.78, 5) is 29.1. The molecule has 0 spiro atoms. The molecule has 0 saturated carbocycles. The van der Waals surface area contributed by atoms with E-state index in [1.807, 2.05) is 41.8 Å². The number of thioether (sulfide) groups is 1. The summed E-state index contributed by atoms with van der Waals surface area (Å²) in [5, 5.41) is 8.15. The summed E-state index contributed by atoms with van der Waals surface area (Å²) in [6.45, 7) is 3.28. The van der Waals surface area contributed by atoms with E-state index in [4.69, 9.17) is 0 Å². The summed E-state index contributed by atoms with van der Waals surface area (Å²) < 4.78 is 0. The lowest BCUT2D eigenvalue weighted by Gasteiger charge is -2.32. The van der Waals surface area contributed by atoms with Gasteiger partial charge in [-0.15, -0.1) is 23.1 Å². The van der Waals surface area contributed by atoms with Crippen molar-refractivity contribution in [1.29, 1.82) is 0 Å². The number of rotatable bonds is 4. The van der Waals surface area contributed by atoms with Crippen LogP contribution in [-0.2, 0) is 6.54 Å². The molecule has 2 aromatic carbocycles. The van der Waals surface area contributed by atoms with E-state index in [-0.39, 0.29) is 11.9 Å². The largest absolute Gasteiger partial charge is 0.347 e. The van der Waals surface area contributed by atoms with Crippen molar-refractivity contribution >= 4 is 46.4 Å². The smallest absolute Gasteiger partial charge is 0.326 e. The van der Waals surface area contributed by atoms with Crippen LogP contribution in [0.15, 0.2) is 70.9 Å². The molecule has 1 aliphatic rings. The lowest BCUT2D eigenvalue weighted by molar-refractivity contribution is 0.0951. The molecule has 0 radical (unpaired) electrons. The molecule has 2 N–H and O–H groups in total. The van der Waals surface area contributed by atoms with Gasteiger partial charge in [0.05, 0.1) is 12.2 Å². The highest BCUT2D eigenvalue weighted by molar-refractivity contribution is 8.00. The van der Waals surface area contributed by atoms with Crippen molar-refractivity contribution in [3.63, 3.8) is 0 Å². The molecular formula is C22H21N3O2S2. The molecule has 0 unspecified atom stereocenters. The number of nitrogens with zero attached hydrogens (tertiary/aromatic N) is 1. The quantitative estimate of drug-likeness (QED) is 0.605. The molecule has 2 heterocycles. The topological polar surface area (TPSA) is 61.4 Å². The predicted octanol–water partition coefficient (Wildman–Crippen LogP) is 5.21. The fourth-order valence-corrected chi connectivity index (χ4v) is 4.92. The van der Waals surface area contributed by atoms with E-state index in [2.05, 4.69) is 17.6 Å². The van der Waals surface area contributed by atoms with Crippen LogP contribution in [0, 0.1) is 0 Å². The second-order valence-corrected chi connectivity index (χ2v) is 9.29. The number of carbonyl (C=O) groups excluding carboxylic acids is 2. The third-order valence-corrected chi connectivity index (χ3v) is 6.60. The summed E-state index contributed by atoms with van der Waals surface area (Å²) in [5.41, 5.74) is 2.15. The third kappa shape index (κ3) is 4.63. The molecule has 148 valence electrons. The van der Waals surface area contributed by atoms with Crippen molar-refractivity contribution in [2.24, 2.45) is 0 Å². The number of hydrogen-bond donors (Lipinski definition) is 2. The minimum absolute atomic E-state index is 0.132. The summed E-state index contributed by atoms with van der Waals surface area (Å²) in [6.07, 6.45) is 0. The van der Waals surface area contributed by atoms with E-state index in [0.717, 1.165) is 15.5 Å². The van der Waals surface area contributed by atoms with Crippen molar-refractivity contribution in [2.45, 2.75) is 23.6 Å². The van der Waals surface area contributed by atoms with Crippen LogP contribution in [0.3, 0.4) is 0 Å². The molecule has 0 aliphatic carbocycles. The summed E-state index contributed by atoms with van der Waals surface area (Å²) in [7, 11) is 0. The number of amides is 3. The van der Waals surface area contributed by atoms with Gasteiger partial charge in [0.15, 0.2) is 0 Å². The lowest BCUT2D eigenvalue weighted by Crippen LogP contribution is -2.41. The van der Waals surface area contributed by atoms with E-state index in [1.54, 1.807) is 52.3 Å². The second kappa shape index (κ2) is 8.71. The van der Waals surface area contributed by atoms with E-state index in [0.29, 0.717) is 29.6 Å². The molecule has 1 aliphatic heterocycles. The van der Waals surface area contributed by atoms with Gasteiger partial charge < -0.3 is 10.6 Å². The number of benzene rings is 2. The van der Waals surface area contributed by atoms with Crippen molar-refractivity contribution in [3.05, 3.63) is 76.5 Å². The minimum Gasteiger partial charge on any atom is -0.347 e. The van der Waals surface area contributed by atoms with E-state index in [9.17, 15) is 9.59 Å². The van der Waals surface area contributed by atoms with E-state index < -0.39 is 0 Å². The number of hydrogen-bond acceptors (Lipinski definition) is 4. The maximum absolute atomic E-state index is 12.9. The monoisotopic (exact) mass is 423 g/mol. The summed E-state index contributed by atoms with van der Waals surface area (Å²) >= 11 is 3.39. The van der Waals surface area contributed by atoms with Crippen LogP contribution < -0.4 is 15.5 Å². The van der Waals surface area contributed by atoms with Gasteiger partial charge in [-0.05, 0) is 47.8 Å². The van der Waals surface area contributed by atoms with Crippen molar-refractivity contribution in [3.8, 4) is 0 Å². The van der Waals surface area contributed by atoms with Gasteiger partial charge in [-0.3, -0.25) is 9.69 Å². The van der Waals surface area contributed by atoms with Crippen LogP contribution in [0.2, 0.25) is 0 Å². The number of nitrogens with one attached hydrogen (secondary N) is 2. The van der Waals surface area contributed by atoms with Gasteiger partial charge in [0.1, 0.15) is 0 Å². The Balaban J connectivity index is 1.40. The lowest BCUT2D eigenvalue weighted by atomic mass is 10.2. The van der Waals surface area contributed by atoms with Crippen LogP contribution in [0.4, 0.5) is 16.2 Å². The van der Waals surface area contributed by atoms with Crippen LogP contribution >= 0.6 is 23.1 Å². The number of urea groups is 1. The predicted molar refractivity (Wildman–Crippen MR) is 120 cm³/mol. The average molecular weight is 424 g/mol. The molecule has 3 amide bonds. The first-order chi connectivity index (χ1) is 14.1. The normalized spacial score (nSPS) is 15.5. The molecule has 0 bridgehead atoms. The van der Waals surface area contributed by atoms with Crippen LogP contribution in [0.25, 0.3) is 0 Å². The number of fused-ring (bicyclic) bond motifs is 1. The molecule has 29 heavy (non-hydrogen) atoms. The van der Waals surface area contributed by atoms with E-state index in [1.165, 1.54) is 0 Å². The first-order valence-electron chi connectivity index (χ1n) is 9.35. The molecule has 0 fully saturated rings. The Labute approximate surface area is 178 Å². The first kappa shape index (κ1) is 19.5. The van der Waals surface area contributed by atoms with E-state index >= 15 is 0 Å². The Morgan fingerprint density at radius 3 is 2.62 bits per heavy atom. The molecule has 1 atom stereocenters. The Hall–Kier alpha value is -2.77. The zero-order chi connectivity index (χ0) is 20.2. The third-order valence-electron chi connectivity index (χ3n) is 4.57. The fourth-order valence-electron chi connectivity index (χ4n) is 3.16. The maximum Gasteiger partial charge on any atom is 0.326 e. The number of thiophene rings is 1. The molecule has 0 saturated heterocycles. The second-order valence-electron chi connectivity index (χ2n) is 6.78. The van der Waals surface area contributed by atoms with Gasteiger partial charge in [0, 0.05) is 32.8 Å². The number of para-hydroxylation sites is 1. The zero-order valence-electron chi connectivity index (χ0n) is 15.9. The van der Waals surface area contributed by atoms with Crippen LogP contribution in [-0.4, -0.2) is 23.7 Å². The molecule has 5 nitrogen and oxygen atoms in total. The van der Waals surface area contributed by atoms with Crippen LogP contribution in [0.5, 0.6) is 0 Å². The highest BCUT2D eigenvalue weighted by atomic mass is 32.2. The van der Waals surface area contributed by atoms with Crippen molar-refractivity contribution < 1.29 is 9.59 Å². The molecule has 7 heteroatoms. The highest BCUT2D eigenvalue weighted by Gasteiger charge is 2.26. The standard InChI is InChI=1S/C22H21N3O2S2/c1-15-14-25(19-6-2-3-7-20(19)29-15)22(27)24-17-10-8-16(9-11-17)21(26)23-13-18-5-4-12-28-18/h2-12,15H,13-14H2,1H3,(H,23,26)(H,24,27)/t15-/m0/s1. The first-order valence-corrected chi connectivity index (χ1v) is 11.1. The van der Waals surface area contributed by atoms with Gasteiger partial charge in [-0.2, -0.15) is 0 Å². The fraction of sp³-hybridized carbons (Fsp3) is 0.182. The zero-order valence-corrected chi connectivity index (χ0v) is 17.6. The van der Waals surface area contributed by atoms with Gasteiger partial charge in [0.25, 0.3) is 5.91 Å². The highest BCUT2D eigenvalue weighted by Crippen LogP contribution is 2.38. The van der Waals surface area contributed by atoms with Crippen molar-refractivity contribution in [2.75, 3.05) is 16.8 Å². The van der Waals surface area contributed by atoms with Gasteiger partial charge in [-0.1, -0.05) is 25.1 Å². The average Bonchev–Trinajstić information content (AvgIpc) is 3.25. The maximum atomic E-state index is 12.9. The molecular weight excluding hydrogens is 402 g/mol. The molecule has 4 rings (SSSR count). The molecule has 3 aromatic rings. The summed E-state index contributed by atoms with van der Waals surface area (Å²) in [6, 6.07) is 18.7.